The average molecular weight is 286 g/mol. The third-order valence-electron chi connectivity index (χ3n) is 3.23. The minimum atomic E-state index is -0.625. The van der Waals surface area contributed by atoms with E-state index in [1.807, 2.05) is 10.6 Å². The number of aliphatic hydroxyl groups excluding tert-OH is 1. The highest BCUT2D eigenvalue weighted by Gasteiger charge is 2.10. The van der Waals surface area contributed by atoms with E-state index in [4.69, 9.17) is 0 Å². The molecular weight excluding hydrogens is 271 g/mol. The molecular formula is C15H15FN4O. The molecule has 0 bridgehead atoms. The second-order valence-electron chi connectivity index (χ2n) is 4.87. The van der Waals surface area contributed by atoms with E-state index >= 15 is 0 Å². The third-order valence-corrected chi connectivity index (χ3v) is 3.23. The predicted molar refractivity (Wildman–Crippen MR) is 75.9 cm³/mol. The fourth-order valence-electron chi connectivity index (χ4n) is 2.22. The number of aliphatic hydroxyl groups is 1. The van der Waals surface area contributed by atoms with Crippen molar-refractivity contribution in [2.24, 2.45) is 0 Å². The Labute approximate surface area is 121 Å². The highest BCUT2D eigenvalue weighted by Crippen LogP contribution is 2.19. The van der Waals surface area contributed by atoms with Crippen molar-refractivity contribution < 1.29 is 9.50 Å². The molecule has 2 aromatic heterocycles. The number of aromatic amines is 1. The van der Waals surface area contributed by atoms with Crippen LogP contribution in [-0.4, -0.2) is 24.9 Å². The molecule has 0 radical (unpaired) electrons. The number of hydrogen-bond donors (Lipinski definition) is 2. The van der Waals surface area contributed by atoms with Gasteiger partial charge in [0.2, 0.25) is 0 Å². The number of nitrogens with one attached hydrogen (secondary N) is 1. The topological polar surface area (TPSA) is 66.7 Å². The first-order valence-electron chi connectivity index (χ1n) is 6.63. The van der Waals surface area contributed by atoms with E-state index in [1.54, 1.807) is 31.5 Å². The zero-order valence-electron chi connectivity index (χ0n) is 11.5. The number of imidazole rings is 1. The Morgan fingerprint density at radius 1 is 1.33 bits per heavy atom. The van der Waals surface area contributed by atoms with Crippen LogP contribution < -0.4 is 0 Å². The number of halogens is 1. The van der Waals surface area contributed by atoms with E-state index in [1.165, 1.54) is 12.1 Å². The lowest BCUT2D eigenvalue weighted by Crippen LogP contribution is -2.07. The Balaban J connectivity index is 1.82. The standard InChI is InChI=1S/C15H15FN4O/c1-10(21)15-17-6-7-20(15)9-13-8-14(19-18-13)11-2-4-12(16)5-3-11/h2-8,10,21H,9H2,1H3,(H,18,19). The molecule has 108 valence electrons. The van der Waals surface area contributed by atoms with Gasteiger partial charge >= 0.3 is 0 Å². The molecule has 0 spiro atoms. The molecule has 2 heterocycles. The van der Waals surface area contributed by atoms with Gasteiger partial charge in [0.15, 0.2) is 0 Å². The molecule has 0 fully saturated rings. The molecule has 5 nitrogen and oxygen atoms in total. The zero-order valence-corrected chi connectivity index (χ0v) is 11.5. The molecule has 1 atom stereocenters. The minimum Gasteiger partial charge on any atom is -0.385 e. The Morgan fingerprint density at radius 3 is 2.81 bits per heavy atom. The highest BCUT2D eigenvalue weighted by atomic mass is 19.1. The molecule has 1 unspecified atom stereocenters. The van der Waals surface area contributed by atoms with Crippen molar-refractivity contribution in [1.29, 1.82) is 0 Å². The van der Waals surface area contributed by atoms with Gasteiger partial charge in [-0.2, -0.15) is 5.10 Å². The van der Waals surface area contributed by atoms with Crippen molar-refractivity contribution in [2.75, 3.05) is 0 Å². The molecule has 21 heavy (non-hydrogen) atoms. The summed E-state index contributed by atoms with van der Waals surface area (Å²) in [6, 6.07) is 8.09. The van der Waals surface area contributed by atoms with Crippen molar-refractivity contribution in [1.82, 2.24) is 19.7 Å². The van der Waals surface area contributed by atoms with Crippen LogP contribution in [0.2, 0.25) is 0 Å². The normalized spacial score (nSPS) is 12.5. The van der Waals surface area contributed by atoms with Gasteiger partial charge in [0.1, 0.15) is 17.7 Å². The summed E-state index contributed by atoms with van der Waals surface area (Å²) in [5.74, 6) is 0.336. The average Bonchev–Trinajstić information content (AvgIpc) is 3.09. The largest absolute Gasteiger partial charge is 0.385 e. The van der Waals surface area contributed by atoms with Gasteiger partial charge in [0, 0.05) is 18.0 Å². The molecule has 0 aliphatic heterocycles. The van der Waals surface area contributed by atoms with Crippen LogP contribution in [0.1, 0.15) is 24.5 Å². The van der Waals surface area contributed by atoms with Crippen LogP contribution >= 0.6 is 0 Å². The lowest BCUT2D eigenvalue weighted by atomic mass is 10.1. The molecule has 0 aliphatic carbocycles. The lowest BCUT2D eigenvalue weighted by Gasteiger charge is -2.07. The Bertz CT molecular complexity index is 730. The van der Waals surface area contributed by atoms with Crippen molar-refractivity contribution in [2.45, 2.75) is 19.6 Å². The van der Waals surface area contributed by atoms with Crippen LogP contribution in [0.5, 0.6) is 0 Å². The maximum Gasteiger partial charge on any atom is 0.137 e. The smallest absolute Gasteiger partial charge is 0.137 e. The number of nitrogens with zero attached hydrogens (tertiary/aromatic N) is 3. The minimum absolute atomic E-state index is 0.269. The molecule has 0 saturated heterocycles. The highest BCUT2D eigenvalue weighted by molar-refractivity contribution is 5.58. The first kappa shape index (κ1) is 13.5. The van der Waals surface area contributed by atoms with Gasteiger partial charge in [-0.3, -0.25) is 5.10 Å². The van der Waals surface area contributed by atoms with Gasteiger partial charge in [-0.1, -0.05) is 0 Å². The van der Waals surface area contributed by atoms with E-state index < -0.39 is 6.10 Å². The summed E-state index contributed by atoms with van der Waals surface area (Å²) < 4.78 is 14.8. The number of benzene rings is 1. The zero-order chi connectivity index (χ0) is 14.8. The summed E-state index contributed by atoms with van der Waals surface area (Å²) in [5, 5.41) is 16.8. The van der Waals surface area contributed by atoms with Crippen molar-refractivity contribution in [3.63, 3.8) is 0 Å². The van der Waals surface area contributed by atoms with Gasteiger partial charge in [0.05, 0.1) is 17.9 Å². The van der Waals surface area contributed by atoms with Gasteiger partial charge in [-0.05, 0) is 37.3 Å². The summed E-state index contributed by atoms with van der Waals surface area (Å²) in [6.45, 7) is 2.21. The Kier molecular flexibility index (Phi) is 3.53. The number of hydrogen-bond acceptors (Lipinski definition) is 3. The molecule has 1 aromatic carbocycles. The van der Waals surface area contributed by atoms with Crippen LogP contribution in [0.15, 0.2) is 42.7 Å². The third kappa shape index (κ3) is 2.85. The Morgan fingerprint density at radius 2 is 2.10 bits per heavy atom. The van der Waals surface area contributed by atoms with Crippen LogP contribution in [0.25, 0.3) is 11.3 Å². The second-order valence-corrected chi connectivity index (χ2v) is 4.87. The van der Waals surface area contributed by atoms with E-state index in [-0.39, 0.29) is 5.82 Å². The quantitative estimate of drug-likeness (QED) is 0.774. The SMILES string of the molecule is CC(O)c1nccn1Cc1cc(-c2ccc(F)cc2)n[nH]1. The van der Waals surface area contributed by atoms with E-state index in [9.17, 15) is 9.50 Å². The molecule has 6 heteroatoms. The van der Waals surface area contributed by atoms with Crippen molar-refractivity contribution in [3.8, 4) is 11.3 Å². The number of aromatic nitrogens is 4. The van der Waals surface area contributed by atoms with Crippen molar-refractivity contribution >= 4 is 0 Å². The van der Waals surface area contributed by atoms with E-state index in [2.05, 4.69) is 15.2 Å². The van der Waals surface area contributed by atoms with Gasteiger partial charge in [-0.15, -0.1) is 0 Å². The van der Waals surface area contributed by atoms with Crippen LogP contribution in [-0.2, 0) is 6.54 Å². The van der Waals surface area contributed by atoms with Crippen LogP contribution in [0.3, 0.4) is 0 Å². The van der Waals surface area contributed by atoms with E-state index in [0.29, 0.717) is 12.4 Å². The van der Waals surface area contributed by atoms with Gasteiger partial charge in [-0.25, -0.2) is 9.37 Å². The number of rotatable bonds is 4. The fourth-order valence-corrected chi connectivity index (χ4v) is 2.22. The summed E-state index contributed by atoms with van der Waals surface area (Å²) in [5.41, 5.74) is 2.48. The number of H-pyrrole nitrogens is 1. The molecule has 2 N–H and O–H groups in total. The second kappa shape index (κ2) is 5.49. The van der Waals surface area contributed by atoms with E-state index in [0.717, 1.165) is 17.0 Å². The summed E-state index contributed by atoms with van der Waals surface area (Å²) in [6.07, 6.45) is 2.83. The maximum atomic E-state index is 12.9. The summed E-state index contributed by atoms with van der Waals surface area (Å²) in [7, 11) is 0. The van der Waals surface area contributed by atoms with Gasteiger partial charge < -0.3 is 9.67 Å². The first-order valence-corrected chi connectivity index (χ1v) is 6.63. The lowest BCUT2D eigenvalue weighted by molar-refractivity contribution is 0.184. The first-order chi connectivity index (χ1) is 10.1. The summed E-state index contributed by atoms with van der Waals surface area (Å²) in [4.78, 5) is 4.12. The van der Waals surface area contributed by atoms with Crippen molar-refractivity contribution in [3.05, 3.63) is 60.1 Å². The molecule has 0 aliphatic rings. The fraction of sp³-hybridized carbons (Fsp3) is 0.200. The molecule has 0 saturated carbocycles. The molecule has 0 amide bonds. The molecule has 3 aromatic rings. The maximum absolute atomic E-state index is 12.9. The molecule has 3 rings (SSSR count). The van der Waals surface area contributed by atoms with Crippen LogP contribution in [0.4, 0.5) is 4.39 Å². The summed E-state index contributed by atoms with van der Waals surface area (Å²) >= 11 is 0. The van der Waals surface area contributed by atoms with Crippen LogP contribution in [0, 0.1) is 5.82 Å². The Hall–Kier alpha value is -2.47. The monoisotopic (exact) mass is 286 g/mol. The van der Waals surface area contributed by atoms with Gasteiger partial charge in [0.25, 0.3) is 0 Å². The predicted octanol–water partition coefficient (Wildman–Crippen LogP) is 2.51.